The minimum atomic E-state index is -0.563. The number of nitrogens with two attached hydrogens (primary N) is 1. The Morgan fingerprint density at radius 2 is 1.88 bits per heavy atom. The molecule has 0 aliphatic heterocycles. The van der Waals surface area contributed by atoms with Gasteiger partial charge in [0.15, 0.2) is 0 Å². The van der Waals surface area contributed by atoms with Crippen molar-refractivity contribution in [3.63, 3.8) is 0 Å². The monoisotopic (exact) mass is 476 g/mol. The van der Waals surface area contributed by atoms with Crippen molar-refractivity contribution < 1.29 is 14.6 Å². The van der Waals surface area contributed by atoms with Crippen LogP contribution in [0.2, 0.25) is 0 Å². The Hall–Kier alpha value is -0.790. The molecule has 2 rings (SSSR count). The Kier molecular flexibility index (Phi) is 6.79. The molecule has 25 heavy (non-hydrogen) atoms. The predicted molar refractivity (Wildman–Crippen MR) is 106 cm³/mol. The lowest BCUT2D eigenvalue weighted by Gasteiger charge is -2.37. The van der Waals surface area contributed by atoms with E-state index in [-0.39, 0.29) is 18.2 Å². The maximum absolute atomic E-state index is 12.8. The molecule has 0 saturated heterocycles. The van der Waals surface area contributed by atoms with E-state index in [0.717, 1.165) is 27.4 Å². The summed E-state index contributed by atoms with van der Waals surface area (Å²) in [5, 5.41) is 9.77. The van der Waals surface area contributed by atoms with Crippen LogP contribution < -0.4 is 5.73 Å². The topological polar surface area (TPSA) is 75.8 Å². The van der Waals surface area contributed by atoms with Crippen molar-refractivity contribution in [3.05, 3.63) is 26.6 Å². The van der Waals surface area contributed by atoms with Gasteiger partial charge in [0.2, 0.25) is 0 Å². The third-order valence-corrected chi connectivity index (χ3v) is 5.37. The highest BCUT2D eigenvalue weighted by molar-refractivity contribution is 9.11. The zero-order valence-electron chi connectivity index (χ0n) is 14.9. The Morgan fingerprint density at radius 3 is 2.44 bits per heavy atom. The van der Waals surface area contributed by atoms with Crippen molar-refractivity contribution >= 4 is 43.6 Å². The molecule has 3 N–H and O–H groups in total. The predicted octanol–water partition coefficient (Wildman–Crippen LogP) is 4.83. The number of anilines is 1. The summed E-state index contributed by atoms with van der Waals surface area (Å²) in [6.45, 7) is 5.95. The quantitative estimate of drug-likeness (QED) is 0.611. The molecule has 0 atom stereocenters. The molecule has 0 unspecified atom stereocenters. The summed E-state index contributed by atoms with van der Waals surface area (Å²) >= 11 is 6.93. The van der Waals surface area contributed by atoms with Crippen molar-refractivity contribution in [1.82, 2.24) is 4.90 Å². The number of benzene rings is 1. The van der Waals surface area contributed by atoms with Gasteiger partial charge in [-0.15, -0.1) is 0 Å². The molecule has 1 fully saturated rings. The van der Waals surface area contributed by atoms with Crippen molar-refractivity contribution in [3.8, 4) is 0 Å². The average molecular weight is 478 g/mol. The van der Waals surface area contributed by atoms with Gasteiger partial charge in [0.05, 0.1) is 18.3 Å². The summed E-state index contributed by atoms with van der Waals surface area (Å²) in [4.78, 5) is 14.6. The molecule has 0 bridgehead atoms. The zero-order chi connectivity index (χ0) is 18.8. The zero-order valence-corrected chi connectivity index (χ0v) is 18.1. The summed E-state index contributed by atoms with van der Waals surface area (Å²) in [5.41, 5.74) is 7.11. The molecular weight excluding hydrogens is 452 g/mol. The van der Waals surface area contributed by atoms with E-state index in [1.807, 2.05) is 32.9 Å². The maximum Gasteiger partial charge on any atom is 0.410 e. The minimum Gasteiger partial charge on any atom is -0.444 e. The number of halogens is 2. The van der Waals surface area contributed by atoms with Crippen LogP contribution in [0.25, 0.3) is 0 Å². The van der Waals surface area contributed by atoms with E-state index in [4.69, 9.17) is 10.5 Å². The molecule has 1 aromatic carbocycles. The highest BCUT2D eigenvalue weighted by Crippen LogP contribution is 2.32. The second kappa shape index (κ2) is 8.27. The normalized spacial score (nSPS) is 21.0. The van der Waals surface area contributed by atoms with E-state index in [1.54, 1.807) is 4.90 Å². The van der Waals surface area contributed by atoms with Gasteiger partial charge in [-0.1, -0.05) is 15.9 Å². The summed E-state index contributed by atoms with van der Waals surface area (Å²) in [7, 11) is 0. The molecule has 1 amide bonds. The fraction of sp³-hybridized carbons (Fsp3) is 0.611. The molecule has 1 aromatic rings. The van der Waals surface area contributed by atoms with Crippen LogP contribution in [0, 0.1) is 0 Å². The number of nitrogen functional groups attached to an aromatic ring is 1. The Morgan fingerprint density at radius 1 is 1.28 bits per heavy atom. The van der Waals surface area contributed by atoms with Gasteiger partial charge in [0, 0.05) is 15.0 Å². The second-order valence-electron chi connectivity index (χ2n) is 7.53. The van der Waals surface area contributed by atoms with E-state index < -0.39 is 5.60 Å². The standard InChI is InChI=1S/C18H26Br2N2O3/c1-18(2,3)25-17(24)22(13-4-6-14(23)7-5-13)10-11-8-12(19)9-15(20)16(11)21/h8-9,13-14,23H,4-7,10,21H2,1-3H3. The van der Waals surface area contributed by atoms with Crippen LogP contribution in [0.15, 0.2) is 21.1 Å². The van der Waals surface area contributed by atoms with Gasteiger partial charge in [0.25, 0.3) is 0 Å². The van der Waals surface area contributed by atoms with E-state index in [2.05, 4.69) is 31.9 Å². The number of ether oxygens (including phenoxy) is 1. The van der Waals surface area contributed by atoms with Crippen LogP contribution >= 0.6 is 31.9 Å². The molecular formula is C18H26Br2N2O3. The molecule has 0 spiro atoms. The molecule has 0 aromatic heterocycles. The smallest absolute Gasteiger partial charge is 0.410 e. The number of rotatable bonds is 3. The van der Waals surface area contributed by atoms with Crippen molar-refractivity contribution in [2.24, 2.45) is 0 Å². The first-order chi connectivity index (χ1) is 11.6. The lowest BCUT2D eigenvalue weighted by Crippen LogP contribution is -2.45. The molecule has 1 aliphatic rings. The number of carbonyl (C=O) groups excluding carboxylic acids is 1. The largest absolute Gasteiger partial charge is 0.444 e. The summed E-state index contributed by atoms with van der Waals surface area (Å²) in [6.07, 6.45) is 2.29. The van der Waals surface area contributed by atoms with Gasteiger partial charge in [-0.2, -0.15) is 0 Å². The minimum absolute atomic E-state index is 0.0374. The summed E-state index contributed by atoms with van der Waals surface area (Å²) < 4.78 is 7.30. The van der Waals surface area contributed by atoms with Crippen molar-refractivity contribution in [2.75, 3.05) is 5.73 Å². The molecule has 140 valence electrons. The summed E-state index contributed by atoms with van der Waals surface area (Å²) in [6, 6.07) is 3.85. The van der Waals surface area contributed by atoms with E-state index >= 15 is 0 Å². The highest BCUT2D eigenvalue weighted by atomic mass is 79.9. The third kappa shape index (κ3) is 5.86. The van der Waals surface area contributed by atoms with Crippen molar-refractivity contribution in [1.29, 1.82) is 0 Å². The number of amides is 1. The molecule has 1 saturated carbocycles. The number of hydrogen-bond acceptors (Lipinski definition) is 4. The van der Waals surface area contributed by atoms with Gasteiger partial charge in [-0.05, 0) is 80.1 Å². The number of aliphatic hydroxyl groups is 1. The number of carbonyl (C=O) groups is 1. The molecule has 7 heteroatoms. The first-order valence-electron chi connectivity index (χ1n) is 8.48. The lowest BCUT2D eigenvalue weighted by atomic mass is 9.92. The Balaban J connectivity index is 2.27. The number of hydrogen-bond donors (Lipinski definition) is 2. The highest BCUT2D eigenvalue weighted by Gasteiger charge is 2.31. The van der Waals surface area contributed by atoms with Crippen LogP contribution in [0.3, 0.4) is 0 Å². The van der Waals surface area contributed by atoms with Gasteiger partial charge in [0.1, 0.15) is 5.60 Å². The van der Waals surface area contributed by atoms with Gasteiger partial charge < -0.3 is 20.5 Å². The van der Waals surface area contributed by atoms with Crippen molar-refractivity contribution in [2.45, 2.75) is 70.7 Å². The van der Waals surface area contributed by atoms with E-state index in [9.17, 15) is 9.90 Å². The number of aliphatic hydroxyl groups excluding tert-OH is 1. The Bertz CT molecular complexity index is 623. The van der Waals surface area contributed by atoms with Crippen LogP contribution in [-0.2, 0) is 11.3 Å². The maximum atomic E-state index is 12.8. The Labute approximate surface area is 166 Å². The van der Waals surface area contributed by atoms with Crippen LogP contribution in [0.1, 0.15) is 52.0 Å². The van der Waals surface area contributed by atoms with Gasteiger partial charge >= 0.3 is 6.09 Å². The second-order valence-corrected chi connectivity index (χ2v) is 9.30. The molecule has 0 radical (unpaired) electrons. The van der Waals surface area contributed by atoms with Crippen LogP contribution in [0.5, 0.6) is 0 Å². The molecule has 0 heterocycles. The third-order valence-electron chi connectivity index (χ3n) is 4.26. The SMILES string of the molecule is CC(C)(C)OC(=O)N(Cc1cc(Br)cc(Br)c1N)C1CCC(O)CC1. The van der Waals surface area contributed by atoms with Crippen LogP contribution in [-0.4, -0.2) is 33.8 Å². The van der Waals surface area contributed by atoms with Crippen LogP contribution in [0.4, 0.5) is 10.5 Å². The fourth-order valence-electron chi connectivity index (χ4n) is 2.99. The first kappa shape index (κ1) is 20.5. The van der Waals surface area contributed by atoms with Gasteiger partial charge in [-0.3, -0.25) is 0 Å². The van der Waals surface area contributed by atoms with Gasteiger partial charge in [-0.25, -0.2) is 4.79 Å². The fourth-order valence-corrected chi connectivity index (χ4v) is 4.30. The van der Waals surface area contributed by atoms with E-state index in [0.29, 0.717) is 25.1 Å². The first-order valence-corrected chi connectivity index (χ1v) is 10.1. The molecule has 1 aliphatic carbocycles. The molecule has 5 nitrogen and oxygen atoms in total. The van der Waals surface area contributed by atoms with E-state index in [1.165, 1.54) is 0 Å². The average Bonchev–Trinajstić information content (AvgIpc) is 2.48. The lowest BCUT2D eigenvalue weighted by molar-refractivity contribution is 0.00275. The summed E-state index contributed by atoms with van der Waals surface area (Å²) in [5.74, 6) is 0. The number of nitrogens with zero attached hydrogens (tertiary/aromatic N) is 1.